The Morgan fingerprint density at radius 3 is 2.45 bits per heavy atom. The number of aldehydes is 2. The third kappa shape index (κ3) is 3.20. The van der Waals surface area contributed by atoms with Gasteiger partial charge < -0.3 is 10.5 Å². The lowest BCUT2D eigenvalue weighted by molar-refractivity contribution is 0.112. The monoisotopic (exact) mass is 297 g/mol. The van der Waals surface area contributed by atoms with Gasteiger partial charge in [0, 0.05) is 16.7 Å². The fourth-order valence-electron chi connectivity index (χ4n) is 2.33. The quantitative estimate of drug-likeness (QED) is 0.859. The predicted molar refractivity (Wildman–Crippen MR) is 81.7 cm³/mol. The van der Waals surface area contributed by atoms with E-state index in [4.69, 9.17) is 10.5 Å². The molecule has 0 heterocycles. The van der Waals surface area contributed by atoms with Gasteiger partial charge in [0.25, 0.3) is 0 Å². The molecule has 0 aromatic heterocycles. The third-order valence-corrected chi connectivity index (χ3v) is 3.32. The lowest BCUT2D eigenvalue weighted by Crippen LogP contribution is -2.16. The molecule has 0 aliphatic rings. The SMILES string of the molecule is CC(OC(N)=O)c1ccccc1-c1ccc(C=O)cc1C=O. The largest absolute Gasteiger partial charge is 0.442 e. The second-order valence-electron chi connectivity index (χ2n) is 4.75. The Morgan fingerprint density at radius 1 is 1.09 bits per heavy atom. The minimum Gasteiger partial charge on any atom is -0.442 e. The summed E-state index contributed by atoms with van der Waals surface area (Å²) in [6.07, 6.45) is -0.0478. The smallest absolute Gasteiger partial charge is 0.405 e. The van der Waals surface area contributed by atoms with Crippen molar-refractivity contribution in [2.45, 2.75) is 13.0 Å². The van der Waals surface area contributed by atoms with Crippen LogP contribution < -0.4 is 5.73 Å². The standard InChI is InChI=1S/C17H15NO4/c1-11(22-17(18)21)14-4-2-3-5-16(14)15-7-6-12(9-19)8-13(15)10-20/h2-11H,1H3,(H2,18,21). The van der Waals surface area contributed by atoms with Gasteiger partial charge in [0.1, 0.15) is 12.4 Å². The van der Waals surface area contributed by atoms with Gasteiger partial charge in [-0.15, -0.1) is 0 Å². The number of primary amides is 1. The van der Waals surface area contributed by atoms with Gasteiger partial charge in [-0.1, -0.05) is 36.4 Å². The molecule has 0 aliphatic heterocycles. The molecule has 22 heavy (non-hydrogen) atoms. The van der Waals surface area contributed by atoms with Crippen molar-refractivity contribution in [2.24, 2.45) is 5.73 Å². The number of benzene rings is 2. The highest BCUT2D eigenvalue weighted by Gasteiger charge is 2.16. The van der Waals surface area contributed by atoms with Gasteiger partial charge in [0.2, 0.25) is 0 Å². The van der Waals surface area contributed by atoms with Crippen LogP contribution in [0.3, 0.4) is 0 Å². The number of hydrogen-bond donors (Lipinski definition) is 1. The normalized spacial score (nSPS) is 11.5. The van der Waals surface area contributed by atoms with Crippen molar-refractivity contribution >= 4 is 18.7 Å². The molecule has 112 valence electrons. The third-order valence-electron chi connectivity index (χ3n) is 3.32. The highest BCUT2D eigenvalue weighted by molar-refractivity contribution is 5.91. The number of ether oxygens (including phenoxy) is 1. The van der Waals surface area contributed by atoms with E-state index in [1.165, 1.54) is 6.07 Å². The van der Waals surface area contributed by atoms with Crippen LogP contribution in [0.15, 0.2) is 42.5 Å². The summed E-state index contributed by atoms with van der Waals surface area (Å²) in [5.74, 6) is 0. The Balaban J connectivity index is 2.56. The molecule has 2 aromatic carbocycles. The average Bonchev–Trinajstić information content (AvgIpc) is 2.53. The van der Waals surface area contributed by atoms with Crippen LogP contribution in [0, 0.1) is 0 Å². The maximum absolute atomic E-state index is 11.3. The number of rotatable bonds is 5. The molecule has 0 spiro atoms. The molecule has 0 fully saturated rings. The van der Waals surface area contributed by atoms with Crippen LogP contribution in [-0.4, -0.2) is 18.7 Å². The minimum absolute atomic E-state index is 0.392. The summed E-state index contributed by atoms with van der Waals surface area (Å²) in [6.45, 7) is 1.70. The highest BCUT2D eigenvalue weighted by atomic mass is 16.6. The zero-order valence-electron chi connectivity index (χ0n) is 12.0. The van der Waals surface area contributed by atoms with Crippen molar-refractivity contribution < 1.29 is 19.1 Å². The highest BCUT2D eigenvalue weighted by Crippen LogP contribution is 2.32. The second kappa shape index (κ2) is 6.67. The molecule has 2 aromatic rings. The molecule has 5 heteroatoms. The van der Waals surface area contributed by atoms with Gasteiger partial charge in [-0.3, -0.25) is 9.59 Å². The van der Waals surface area contributed by atoms with E-state index in [1.54, 1.807) is 31.2 Å². The minimum atomic E-state index is -0.866. The summed E-state index contributed by atoms with van der Waals surface area (Å²) in [7, 11) is 0. The maximum atomic E-state index is 11.3. The van der Waals surface area contributed by atoms with E-state index >= 15 is 0 Å². The molecule has 0 aliphatic carbocycles. The maximum Gasteiger partial charge on any atom is 0.405 e. The summed E-state index contributed by atoms with van der Waals surface area (Å²) >= 11 is 0. The van der Waals surface area contributed by atoms with Crippen molar-refractivity contribution in [3.05, 3.63) is 59.2 Å². The predicted octanol–water partition coefficient (Wildman–Crippen LogP) is 3.13. The van der Waals surface area contributed by atoms with Crippen LogP contribution in [-0.2, 0) is 4.74 Å². The van der Waals surface area contributed by atoms with E-state index in [2.05, 4.69) is 0 Å². The van der Waals surface area contributed by atoms with Crippen molar-refractivity contribution in [2.75, 3.05) is 0 Å². The Labute approximate surface area is 127 Å². The molecule has 1 amide bonds. The molecule has 0 bridgehead atoms. The Hall–Kier alpha value is -2.95. The molecular weight excluding hydrogens is 282 g/mol. The molecule has 1 unspecified atom stereocenters. The number of carbonyl (C=O) groups is 3. The van der Waals surface area contributed by atoms with Crippen LogP contribution in [0.1, 0.15) is 39.3 Å². The van der Waals surface area contributed by atoms with E-state index < -0.39 is 12.2 Å². The number of nitrogens with two attached hydrogens (primary N) is 1. The van der Waals surface area contributed by atoms with Gasteiger partial charge in [0.05, 0.1) is 0 Å². The van der Waals surface area contributed by atoms with Gasteiger partial charge in [-0.25, -0.2) is 4.79 Å². The summed E-state index contributed by atoms with van der Waals surface area (Å²) in [6, 6.07) is 12.1. The fraction of sp³-hybridized carbons (Fsp3) is 0.118. The number of hydrogen-bond acceptors (Lipinski definition) is 4. The van der Waals surface area contributed by atoms with E-state index in [-0.39, 0.29) is 0 Å². The second-order valence-corrected chi connectivity index (χ2v) is 4.75. The van der Waals surface area contributed by atoms with Crippen LogP contribution >= 0.6 is 0 Å². The number of amides is 1. The van der Waals surface area contributed by atoms with E-state index in [0.29, 0.717) is 29.3 Å². The summed E-state index contributed by atoms with van der Waals surface area (Å²) in [5, 5.41) is 0. The summed E-state index contributed by atoms with van der Waals surface area (Å²) in [4.78, 5) is 33.1. The molecule has 0 saturated carbocycles. The molecular formula is C17H15NO4. The Kier molecular flexibility index (Phi) is 4.68. The van der Waals surface area contributed by atoms with Gasteiger partial charge >= 0.3 is 6.09 Å². The molecule has 0 radical (unpaired) electrons. The molecule has 2 N–H and O–H groups in total. The van der Waals surface area contributed by atoms with Crippen LogP contribution in [0.2, 0.25) is 0 Å². The van der Waals surface area contributed by atoms with Crippen LogP contribution in [0.25, 0.3) is 11.1 Å². The Morgan fingerprint density at radius 2 is 1.82 bits per heavy atom. The molecule has 2 rings (SSSR count). The van der Waals surface area contributed by atoms with E-state index in [0.717, 1.165) is 11.1 Å². The molecule has 0 saturated heterocycles. The fourth-order valence-corrected chi connectivity index (χ4v) is 2.33. The van der Waals surface area contributed by atoms with Crippen molar-refractivity contribution in [1.82, 2.24) is 0 Å². The lowest BCUT2D eigenvalue weighted by atomic mass is 9.92. The topological polar surface area (TPSA) is 86.5 Å². The van der Waals surface area contributed by atoms with Crippen LogP contribution in [0.4, 0.5) is 4.79 Å². The first-order chi connectivity index (χ1) is 10.6. The molecule has 1 atom stereocenters. The summed E-state index contributed by atoms with van der Waals surface area (Å²) in [5.41, 5.74) is 8.00. The molecule has 5 nitrogen and oxygen atoms in total. The van der Waals surface area contributed by atoms with Crippen molar-refractivity contribution in [3.63, 3.8) is 0 Å². The van der Waals surface area contributed by atoms with E-state index in [1.807, 2.05) is 12.1 Å². The zero-order valence-corrected chi connectivity index (χ0v) is 12.0. The van der Waals surface area contributed by atoms with Gasteiger partial charge in [0.15, 0.2) is 6.29 Å². The first kappa shape index (κ1) is 15.4. The number of carbonyl (C=O) groups excluding carboxylic acids is 3. The first-order valence-corrected chi connectivity index (χ1v) is 6.66. The first-order valence-electron chi connectivity index (χ1n) is 6.66. The average molecular weight is 297 g/mol. The lowest BCUT2D eigenvalue weighted by Gasteiger charge is -2.17. The van der Waals surface area contributed by atoms with Crippen molar-refractivity contribution in [1.29, 1.82) is 0 Å². The van der Waals surface area contributed by atoms with Gasteiger partial charge in [-0.2, -0.15) is 0 Å². The zero-order chi connectivity index (χ0) is 16.1. The Bertz CT molecular complexity index is 724. The van der Waals surface area contributed by atoms with Gasteiger partial charge in [-0.05, 0) is 24.1 Å². The van der Waals surface area contributed by atoms with E-state index in [9.17, 15) is 14.4 Å². The van der Waals surface area contributed by atoms with Crippen LogP contribution in [0.5, 0.6) is 0 Å². The van der Waals surface area contributed by atoms with Crippen molar-refractivity contribution in [3.8, 4) is 11.1 Å². The summed E-state index contributed by atoms with van der Waals surface area (Å²) < 4.78 is 5.01.